The van der Waals surface area contributed by atoms with Gasteiger partial charge in [-0.05, 0) is 61.4 Å². The number of imidazole rings is 1. The second-order valence-corrected chi connectivity index (χ2v) is 10.3. The largest absolute Gasteiger partial charge is 0.457 e. The summed E-state index contributed by atoms with van der Waals surface area (Å²) in [5.41, 5.74) is 3.11. The molecule has 2 atom stereocenters. The van der Waals surface area contributed by atoms with Gasteiger partial charge in [0.25, 0.3) is 5.56 Å². The number of benzene rings is 1. The number of hydrogen-bond donors (Lipinski definition) is 3. The molecule has 2 fully saturated rings. The van der Waals surface area contributed by atoms with Crippen LogP contribution in [0, 0.1) is 5.92 Å². The SMILES string of the molecule is CC(=O)Nc1cc(Oc2ccc3nc(Nc4cc(C5CC5)cn(CC5CCC5O)c4=O)n(C)c3c2)ccn1. The van der Waals surface area contributed by atoms with E-state index in [1.54, 1.807) is 22.9 Å². The number of pyridine rings is 2. The lowest BCUT2D eigenvalue weighted by Crippen LogP contribution is -2.37. The minimum absolute atomic E-state index is 0.114. The average molecular weight is 515 g/mol. The van der Waals surface area contributed by atoms with Gasteiger partial charge in [-0.1, -0.05) is 0 Å². The molecule has 2 aliphatic carbocycles. The van der Waals surface area contributed by atoms with Gasteiger partial charge in [0.1, 0.15) is 23.0 Å². The highest BCUT2D eigenvalue weighted by Gasteiger charge is 2.31. The number of ether oxygens (including phenoxy) is 1. The summed E-state index contributed by atoms with van der Waals surface area (Å²) in [5.74, 6) is 2.50. The molecule has 0 spiro atoms. The molecule has 0 radical (unpaired) electrons. The highest BCUT2D eigenvalue weighted by molar-refractivity contribution is 5.87. The number of nitrogens with one attached hydrogen (secondary N) is 2. The van der Waals surface area contributed by atoms with E-state index in [9.17, 15) is 14.7 Å². The van der Waals surface area contributed by atoms with E-state index in [-0.39, 0.29) is 23.5 Å². The lowest BCUT2D eigenvalue weighted by Gasteiger charge is -2.32. The standard InChI is InChI=1S/C28H30N6O4/c1-16(35)30-26-13-21(9-10-29-26)38-20-6-7-22-24(12-20)33(2)28(31-22)32-23-11-19(17-3-4-17)15-34(27(23)37)14-18-5-8-25(18)36/h6-7,9-13,15,17-18,25,36H,3-5,8,14H2,1-2H3,(H,31,32)(H,29,30,35). The summed E-state index contributed by atoms with van der Waals surface area (Å²) in [6, 6.07) is 10.9. The Bertz CT molecular complexity index is 1590. The maximum absolute atomic E-state index is 13.4. The second-order valence-electron chi connectivity index (χ2n) is 10.3. The third-order valence-electron chi connectivity index (χ3n) is 7.33. The fraction of sp³-hybridized carbons (Fsp3) is 0.357. The van der Waals surface area contributed by atoms with Crippen LogP contribution in [0.2, 0.25) is 0 Å². The van der Waals surface area contributed by atoms with Crippen LogP contribution in [-0.2, 0) is 18.4 Å². The number of anilines is 3. The number of aliphatic hydroxyl groups excluding tert-OH is 1. The number of fused-ring (bicyclic) bond motifs is 1. The molecule has 1 aromatic carbocycles. The van der Waals surface area contributed by atoms with Gasteiger partial charge in [0.05, 0.1) is 17.1 Å². The van der Waals surface area contributed by atoms with Crippen molar-refractivity contribution in [2.75, 3.05) is 10.6 Å². The Balaban J connectivity index is 1.27. The minimum atomic E-state index is -0.330. The number of nitrogens with zero attached hydrogens (tertiary/aromatic N) is 4. The van der Waals surface area contributed by atoms with Crippen molar-refractivity contribution in [3.05, 3.63) is 64.7 Å². The number of carbonyl (C=O) groups excluding carboxylic acids is 1. The molecular formula is C28H30N6O4. The van der Waals surface area contributed by atoms with Crippen LogP contribution in [0.4, 0.5) is 17.5 Å². The van der Waals surface area contributed by atoms with Crippen LogP contribution >= 0.6 is 0 Å². The molecule has 10 heteroatoms. The molecule has 38 heavy (non-hydrogen) atoms. The molecule has 3 aromatic heterocycles. The first-order chi connectivity index (χ1) is 18.3. The van der Waals surface area contributed by atoms with E-state index in [4.69, 9.17) is 9.72 Å². The lowest BCUT2D eigenvalue weighted by molar-refractivity contribution is -0.114. The first-order valence-electron chi connectivity index (χ1n) is 12.9. The van der Waals surface area contributed by atoms with Crippen molar-refractivity contribution in [1.29, 1.82) is 0 Å². The number of aromatic nitrogens is 4. The van der Waals surface area contributed by atoms with Crippen LogP contribution in [0.3, 0.4) is 0 Å². The van der Waals surface area contributed by atoms with Crippen molar-refractivity contribution in [1.82, 2.24) is 19.1 Å². The first-order valence-corrected chi connectivity index (χ1v) is 12.9. The maximum Gasteiger partial charge on any atom is 0.274 e. The summed E-state index contributed by atoms with van der Waals surface area (Å²) >= 11 is 0. The second kappa shape index (κ2) is 9.60. The Hall–Kier alpha value is -4.18. The van der Waals surface area contributed by atoms with E-state index < -0.39 is 0 Å². The van der Waals surface area contributed by atoms with Crippen molar-refractivity contribution < 1.29 is 14.6 Å². The molecular weight excluding hydrogens is 484 g/mol. The van der Waals surface area contributed by atoms with E-state index in [0.29, 0.717) is 41.4 Å². The quantitative estimate of drug-likeness (QED) is 0.321. The van der Waals surface area contributed by atoms with Gasteiger partial charge < -0.3 is 29.6 Å². The van der Waals surface area contributed by atoms with Gasteiger partial charge in [-0.2, -0.15) is 0 Å². The molecule has 0 bridgehead atoms. The molecule has 196 valence electrons. The molecule has 2 unspecified atom stereocenters. The van der Waals surface area contributed by atoms with E-state index in [2.05, 4.69) is 15.6 Å². The lowest BCUT2D eigenvalue weighted by atomic mass is 9.82. The highest BCUT2D eigenvalue weighted by Crippen LogP contribution is 2.41. The molecule has 4 aromatic rings. The molecule has 1 amide bonds. The first kappa shape index (κ1) is 24.2. The Labute approximate surface area is 219 Å². The smallest absolute Gasteiger partial charge is 0.274 e. The number of aliphatic hydroxyl groups is 1. The predicted molar refractivity (Wildman–Crippen MR) is 144 cm³/mol. The molecule has 2 saturated carbocycles. The van der Waals surface area contributed by atoms with E-state index in [1.165, 1.54) is 6.92 Å². The van der Waals surface area contributed by atoms with Crippen molar-refractivity contribution in [3.8, 4) is 11.5 Å². The number of rotatable bonds is 8. The van der Waals surface area contributed by atoms with E-state index in [0.717, 1.165) is 42.3 Å². The van der Waals surface area contributed by atoms with Crippen molar-refractivity contribution in [2.45, 2.75) is 51.2 Å². The summed E-state index contributed by atoms with van der Waals surface area (Å²) in [4.78, 5) is 33.5. The summed E-state index contributed by atoms with van der Waals surface area (Å²) in [6.07, 6.45) is 7.20. The van der Waals surface area contributed by atoms with Crippen LogP contribution in [-0.4, -0.2) is 36.2 Å². The fourth-order valence-corrected chi connectivity index (χ4v) is 4.87. The Kier molecular flexibility index (Phi) is 6.11. The number of carbonyl (C=O) groups is 1. The van der Waals surface area contributed by atoms with Crippen molar-refractivity contribution >= 4 is 34.4 Å². The summed E-state index contributed by atoms with van der Waals surface area (Å²) in [5, 5.41) is 16.0. The van der Waals surface area contributed by atoms with Gasteiger partial charge >= 0.3 is 0 Å². The number of amides is 1. The zero-order chi connectivity index (χ0) is 26.4. The zero-order valence-corrected chi connectivity index (χ0v) is 21.3. The zero-order valence-electron chi connectivity index (χ0n) is 21.3. The highest BCUT2D eigenvalue weighted by atomic mass is 16.5. The van der Waals surface area contributed by atoms with E-state index >= 15 is 0 Å². The van der Waals surface area contributed by atoms with Gasteiger partial charge in [0, 0.05) is 51.0 Å². The molecule has 3 N–H and O–H groups in total. The Morgan fingerprint density at radius 3 is 2.66 bits per heavy atom. The maximum atomic E-state index is 13.4. The Morgan fingerprint density at radius 2 is 1.95 bits per heavy atom. The van der Waals surface area contributed by atoms with Crippen molar-refractivity contribution in [2.24, 2.45) is 13.0 Å². The van der Waals surface area contributed by atoms with Crippen LogP contribution < -0.4 is 20.9 Å². The van der Waals surface area contributed by atoms with Crippen LogP contribution in [0.15, 0.2) is 53.6 Å². The summed E-state index contributed by atoms with van der Waals surface area (Å²) in [7, 11) is 1.89. The molecule has 10 nitrogen and oxygen atoms in total. The molecule has 2 aliphatic rings. The normalized spacial score (nSPS) is 18.7. The monoisotopic (exact) mass is 514 g/mol. The van der Waals surface area contributed by atoms with Gasteiger partial charge in [-0.15, -0.1) is 0 Å². The topological polar surface area (TPSA) is 123 Å². The third kappa shape index (κ3) is 4.87. The number of aryl methyl sites for hydroxylation is 1. The Morgan fingerprint density at radius 1 is 1.13 bits per heavy atom. The average Bonchev–Trinajstić information content (AvgIpc) is 3.69. The van der Waals surface area contributed by atoms with Gasteiger partial charge in [0.2, 0.25) is 11.9 Å². The van der Waals surface area contributed by atoms with E-state index in [1.807, 2.05) is 42.1 Å². The number of hydrogen-bond acceptors (Lipinski definition) is 7. The molecule has 0 saturated heterocycles. The van der Waals surface area contributed by atoms with Gasteiger partial charge in [-0.25, -0.2) is 9.97 Å². The van der Waals surface area contributed by atoms with Gasteiger partial charge in [-0.3, -0.25) is 9.59 Å². The van der Waals surface area contributed by atoms with Crippen molar-refractivity contribution in [3.63, 3.8) is 0 Å². The summed E-state index contributed by atoms with van der Waals surface area (Å²) in [6.45, 7) is 1.95. The summed E-state index contributed by atoms with van der Waals surface area (Å²) < 4.78 is 9.65. The van der Waals surface area contributed by atoms with Gasteiger partial charge in [0.15, 0.2) is 0 Å². The molecule has 3 heterocycles. The van der Waals surface area contributed by atoms with Crippen LogP contribution in [0.25, 0.3) is 11.0 Å². The van der Waals surface area contributed by atoms with Crippen LogP contribution in [0.5, 0.6) is 11.5 Å². The molecule has 6 rings (SSSR count). The molecule has 0 aliphatic heterocycles. The predicted octanol–water partition coefficient (Wildman–Crippen LogP) is 4.27. The minimum Gasteiger partial charge on any atom is -0.457 e. The fourth-order valence-electron chi connectivity index (χ4n) is 4.87. The third-order valence-corrected chi connectivity index (χ3v) is 7.33. The van der Waals surface area contributed by atoms with Crippen LogP contribution in [0.1, 0.15) is 44.1 Å².